The first kappa shape index (κ1) is 9.77. The Morgan fingerprint density at radius 2 is 2.27 bits per heavy atom. The monoisotopic (exact) mass is 204 g/mol. The fourth-order valence-electron chi connectivity index (χ4n) is 1.64. The van der Waals surface area contributed by atoms with E-state index in [-0.39, 0.29) is 0 Å². The highest BCUT2D eigenvalue weighted by Gasteiger charge is 2.11. The molecule has 3 heteroatoms. The molecule has 0 aliphatic carbocycles. The molecule has 0 aliphatic heterocycles. The van der Waals surface area contributed by atoms with E-state index in [1.165, 1.54) is 0 Å². The van der Waals surface area contributed by atoms with Crippen LogP contribution in [0.2, 0.25) is 0 Å². The van der Waals surface area contributed by atoms with Gasteiger partial charge in [0.2, 0.25) is 0 Å². The molecule has 0 fully saturated rings. The van der Waals surface area contributed by atoms with Crippen LogP contribution in [-0.4, -0.2) is 13.4 Å². The van der Waals surface area contributed by atoms with Gasteiger partial charge in [0.25, 0.3) is 0 Å². The van der Waals surface area contributed by atoms with E-state index in [1.807, 2.05) is 19.1 Å². The van der Waals surface area contributed by atoms with Crippen molar-refractivity contribution < 1.29 is 13.9 Å². The predicted octanol–water partition coefficient (Wildman–Crippen LogP) is 2.82. The van der Waals surface area contributed by atoms with Gasteiger partial charge in [-0.3, -0.25) is 4.79 Å². The second-order valence-electron chi connectivity index (χ2n) is 3.28. The highest BCUT2D eigenvalue weighted by molar-refractivity contribution is 5.99. The molecule has 2 rings (SSSR count). The molecule has 0 aliphatic rings. The minimum Gasteiger partial charge on any atom is -0.496 e. The number of aryl methyl sites for hydroxylation is 1. The zero-order valence-corrected chi connectivity index (χ0v) is 8.74. The normalized spacial score (nSPS) is 10.5. The first-order valence-corrected chi connectivity index (χ1v) is 4.84. The molecule has 0 unspecified atom stereocenters. The molecule has 0 bridgehead atoms. The van der Waals surface area contributed by atoms with Crippen LogP contribution in [0.1, 0.15) is 23.0 Å². The lowest BCUT2D eigenvalue weighted by atomic mass is 10.1. The van der Waals surface area contributed by atoms with Gasteiger partial charge in [0.15, 0.2) is 6.29 Å². The SMILES string of the molecule is CCc1cc2c(C=O)c(OC)ccc2o1. The Labute approximate surface area is 87.6 Å². The Morgan fingerprint density at radius 1 is 1.47 bits per heavy atom. The first-order valence-electron chi connectivity index (χ1n) is 4.84. The van der Waals surface area contributed by atoms with Crippen molar-refractivity contribution in [1.82, 2.24) is 0 Å². The third-order valence-electron chi connectivity index (χ3n) is 2.44. The van der Waals surface area contributed by atoms with Crippen molar-refractivity contribution in [3.05, 3.63) is 29.5 Å². The van der Waals surface area contributed by atoms with Crippen molar-refractivity contribution in [1.29, 1.82) is 0 Å². The van der Waals surface area contributed by atoms with Crippen LogP contribution in [0, 0.1) is 0 Å². The van der Waals surface area contributed by atoms with Crippen LogP contribution in [0.4, 0.5) is 0 Å². The summed E-state index contributed by atoms with van der Waals surface area (Å²) in [7, 11) is 1.55. The number of fused-ring (bicyclic) bond motifs is 1. The fraction of sp³-hybridized carbons (Fsp3) is 0.250. The molecule has 0 saturated heterocycles. The average Bonchev–Trinajstić information content (AvgIpc) is 2.70. The van der Waals surface area contributed by atoms with Crippen LogP contribution < -0.4 is 4.74 Å². The number of ether oxygens (including phenoxy) is 1. The summed E-state index contributed by atoms with van der Waals surface area (Å²) >= 11 is 0. The first-order chi connectivity index (χ1) is 7.30. The van der Waals surface area contributed by atoms with Gasteiger partial charge in [-0.25, -0.2) is 0 Å². The number of methoxy groups -OCH3 is 1. The molecule has 0 atom stereocenters. The Kier molecular flexibility index (Phi) is 2.46. The summed E-state index contributed by atoms with van der Waals surface area (Å²) in [5.41, 5.74) is 1.29. The van der Waals surface area contributed by atoms with E-state index in [1.54, 1.807) is 13.2 Å². The van der Waals surface area contributed by atoms with Crippen LogP contribution in [0.5, 0.6) is 5.75 Å². The fourth-order valence-corrected chi connectivity index (χ4v) is 1.64. The van der Waals surface area contributed by atoms with E-state index in [2.05, 4.69) is 0 Å². The van der Waals surface area contributed by atoms with Crippen molar-refractivity contribution >= 4 is 17.3 Å². The Bertz CT molecular complexity index is 497. The Balaban J connectivity index is 2.74. The zero-order valence-electron chi connectivity index (χ0n) is 8.74. The number of furan rings is 1. The summed E-state index contributed by atoms with van der Waals surface area (Å²) in [4.78, 5) is 11.0. The van der Waals surface area contributed by atoms with Gasteiger partial charge in [0.1, 0.15) is 17.1 Å². The van der Waals surface area contributed by atoms with E-state index in [4.69, 9.17) is 9.15 Å². The number of rotatable bonds is 3. The van der Waals surface area contributed by atoms with E-state index in [0.717, 1.165) is 29.4 Å². The summed E-state index contributed by atoms with van der Waals surface area (Å²) in [6.07, 6.45) is 1.62. The summed E-state index contributed by atoms with van der Waals surface area (Å²) in [6.45, 7) is 2.01. The lowest BCUT2D eigenvalue weighted by Crippen LogP contribution is -1.90. The third-order valence-corrected chi connectivity index (χ3v) is 2.44. The van der Waals surface area contributed by atoms with Gasteiger partial charge >= 0.3 is 0 Å². The predicted molar refractivity (Wildman–Crippen MR) is 57.5 cm³/mol. The maximum absolute atomic E-state index is 11.0. The topological polar surface area (TPSA) is 39.4 Å². The van der Waals surface area contributed by atoms with Crippen molar-refractivity contribution in [2.24, 2.45) is 0 Å². The van der Waals surface area contributed by atoms with Gasteiger partial charge in [-0.1, -0.05) is 6.92 Å². The molecule has 0 amide bonds. The van der Waals surface area contributed by atoms with Gasteiger partial charge in [-0.2, -0.15) is 0 Å². The summed E-state index contributed by atoms with van der Waals surface area (Å²) in [5, 5.41) is 0.821. The molecule has 1 aromatic carbocycles. The number of hydrogen-bond donors (Lipinski definition) is 0. The second kappa shape index (κ2) is 3.77. The van der Waals surface area contributed by atoms with E-state index in [0.29, 0.717) is 11.3 Å². The molecule has 1 aromatic heterocycles. The minimum atomic E-state index is 0.554. The largest absolute Gasteiger partial charge is 0.496 e. The van der Waals surface area contributed by atoms with E-state index >= 15 is 0 Å². The molecule has 3 nitrogen and oxygen atoms in total. The third kappa shape index (κ3) is 1.50. The van der Waals surface area contributed by atoms with E-state index < -0.39 is 0 Å². The molecule has 0 radical (unpaired) electrons. The van der Waals surface area contributed by atoms with E-state index in [9.17, 15) is 4.79 Å². The molecule has 0 spiro atoms. The molecule has 0 N–H and O–H groups in total. The standard InChI is InChI=1S/C12H12O3/c1-3-8-6-9-10(7-13)11(14-2)4-5-12(9)15-8/h4-7H,3H2,1-2H3. The minimum absolute atomic E-state index is 0.554. The average molecular weight is 204 g/mol. The Morgan fingerprint density at radius 3 is 2.87 bits per heavy atom. The van der Waals surface area contributed by atoms with Gasteiger partial charge < -0.3 is 9.15 Å². The number of hydrogen-bond acceptors (Lipinski definition) is 3. The number of carbonyl (C=O) groups excluding carboxylic acids is 1. The van der Waals surface area contributed by atoms with Gasteiger partial charge in [0, 0.05) is 11.8 Å². The summed E-state index contributed by atoms with van der Waals surface area (Å²) in [6, 6.07) is 5.46. The van der Waals surface area contributed by atoms with Crippen LogP contribution in [-0.2, 0) is 6.42 Å². The highest BCUT2D eigenvalue weighted by atomic mass is 16.5. The van der Waals surface area contributed by atoms with Crippen molar-refractivity contribution in [2.45, 2.75) is 13.3 Å². The summed E-state index contributed by atoms with van der Waals surface area (Å²) in [5.74, 6) is 1.46. The summed E-state index contributed by atoms with van der Waals surface area (Å²) < 4.78 is 10.7. The highest BCUT2D eigenvalue weighted by Crippen LogP contribution is 2.29. The molecular weight excluding hydrogens is 192 g/mol. The maximum Gasteiger partial charge on any atom is 0.154 e. The molecular formula is C12H12O3. The number of benzene rings is 1. The van der Waals surface area contributed by atoms with Gasteiger partial charge in [-0.05, 0) is 18.2 Å². The zero-order chi connectivity index (χ0) is 10.8. The molecule has 78 valence electrons. The second-order valence-corrected chi connectivity index (χ2v) is 3.28. The molecule has 0 saturated carbocycles. The van der Waals surface area contributed by atoms with Crippen LogP contribution in [0.15, 0.2) is 22.6 Å². The van der Waals surface area contributed by atoms with Crippen LogP contribution in [0.3, 0.4) is 0 Å². The van der Waals surface area contributed by atoms with Crippen LogP contribution in [0.25, 0.3) is 11.0 Å². The molecule has 15 heavy (non-hydrogen) atoms. The van der Waals surface area contributed by atoms with Crippen LogP contribution >= 0.6 is 0 Å². The number of carbonyl (C=O) groups is 1. The molecule has 1 heterocycles. The van der Waals surface area contributed by atoms with Crippen molar-refractivity contribution in [3.8, 4) is 5.75 Å². The van der Waals surface area contributed by atoms with Gasteiger partial charge in [0.05, 0.1) is 12.7 Å². The smallest absolute Gasteiger partial charge is 0.154 e. The Hall–Kier alpha value is -1.77. The van der Waals surface area contributed by atoms with Crippen molar-refractivity contribution in [3.63, 3.8) is 0 Å². The lowest BCUT2D eigenvalue weighted by molar-refractivity contribution is 0.112. The molecule has 2 aromatic rings. The number of aldehydes is 1. The lowest BCUT2D eigenvalue weighted by Gasteiger charge is -2.02. The van der Waals surface area contributed by atoms with Gasteiger partial charge in [-0.15, -0.1) is 0 Å². The quantitative estimate of drug-likeness (QED) is 0.721. The van der Waals surface area contributed by atoms with Crippen molar-refractivity contribution in [2.75, 3.05) is 7.11 Å². The maximum atomic E-state index is 11.0.